The van der Waals surface area contributed by atoms with Crippen molar-refractivity contribution in [3.8, 4) is 0 Å². The maximum absolute atomic E-state index is 12.4. The van der Waals surface area contributed by atoms with Crippen molar-refractivity contribution >= 4 is 11.7 Å². The van der Waals surface area contributed by atoms with Crippen LogP contribution in [0.2, 0.25) is 0 Å². The lowest BCUT2D eigenvalue weighted by Gasteiger charge is -2.31. The van der Waals surface area contributed by atoms with Crippen LogP contribution < -0.4 is 10.2 Å². The number of carbonyl (C=O) groups is 1. The molecule has 5 nitrogen and oxygen atoms in total. The molecule has 5 heteroatoms. The van der Waals surface area contributed by atoms with Crippen molar-refractivity contribution < 1.29 is 4.79 Å². The number of aromatic nitrogens is 2. The third kappa shape index (κ3) is 4.56. The van der Waals surface area contributed by atoms with Crippen LogP contribution in [-0.2, 0) is 4.79 Å². The number of hydrogen-bond donors (Lipinski definition) is 1. The summed E-state index contributed by atoms with van der Waals surface area (Å²) in [6, 6.07) is 4.00. The minimum Gasteiger partial charge on any atom is -0.356 e. The van der Waals surface area contributed by atoms with E-state index in [0.717, 1.165) is 50.4 Å². The Morgan fingerprint density at radius 1 is 1.25 bits per heavy atom. The molecule has 0 saturated carbocycles. The van der Waals surface area contributed by atoms with Gasteiger partial charge < -0.3 is 10.2 Å². The molecule has 1 aromatic rings. The molecule has 0 bridgehead atoms. The predicted molar refractivity (Wildman–Crippen MR) is 95.9 cm³/mol. The van der Waals surface area contributed by atoms with E-state index in [9.17, 15) is 4.79 Å². The topological polar surface area (TPSA) is 58.1 Å². The molecule has 130 valence electrons. The summed E-state index contributed by atoms with van der Waals surface area (Å²) in [4.78, 5) is 14.6. The van der Waals surface area contributed by atoms with Gasteiger partial charge in [0.05, 0.1) is 5.69 Å². The molecule has 1 fully saturated rings. The highest BCUT2D eigenvalue weighted by Crippen LogP contribution is 2.22. The van der Waals surface area contributed by atoms with Gasteiger partial charge in [0.2, 0.25) is 5.91 Å². The van der Waals surface area contributed by atoms with Crippen molar-refractivity contribution in [2.75, 3.05) is 24.5 Å². The highest BCUT2D eigenvalue weighted by molar-refractivity contribution is 5.78. The maximum atomic E-state index is 12.4. The molecule has 2 aliphatic rings. The van der Waals surface area contributed by atoms with E-state index in [1.54, 1.807) is 0 Å². The molecule has 3 rings (SSSR count). The molecular formula is C19H28N4O. The Labute approximate surface area is 144 Å². The molecule has 1 aliphatic carbocycles. The van der Waals surface area contributed by atoms with Crippen LogP contribution in [0.3, 0.4) is 0 Å². The van der Waals surface area contributed by atoms with Crippen LogP contribution in [-0.4, -0.2) is 35.7 Å². The van der Waals surface area contributed by atoms with Crippen molar-refractivity contribution in [2.45, 2.75) is 51.9 Å². The quantitative estimate of drug-likeness (QED) is 0.844. The van der Waals surface area contributed by atoms with Gasteiger partial charge in [-0.15, -0.1) is 5.10 Å². The second kappa shape index (κ2) is 8.27. The molecule has 24 heavy (non-hydrogen) atoms. The van der Waals surface area contributed by atoms with Gasteiger partial charge in [-0.25, -0.2) is 0 Å². The Morgan fingerprint density at radius 2 is 2.08 bits per heavy atom. The van der Waals surface area contributed by atoms with E-state index in [1.165, 1.54) is 31.3 Å². The number of piperidine rings is 1. The zero-order valence-corrected chi connectivity index (χ0v) is 14.6. The Hall–Kier alpha value is -1.91. The molecule has 2 heterocycles. The molecule has 1 aliphatic heterocycles. The lowest BCUT2D eigenvalue weighted by molar-refractivity contribution is -0.125. The summed E-state index contributed by atoms with van der Waals surface area (Å²) in [7, 11) is 0. The highest BCUT2D eigenvalue weighted by atomic mass is 16.1. The summed E-state index contributed by atoms with van der Waals surface area (Å²) in [6.45, 7) is 4.48. The van der Waals surface area contributed by atoms with Crippen LogP contribution in [0.25, 0.3) is 0 Å². The summed E-state index contributed by atoms with van der Waals surface area (Å²) in [5.74, 6) is 1.28. The maximum Gasteiger partial charge on any atom is 0.223 e. The fourth-order valence-electron chi connectivity index (χ4n) is 3.55. The molecule has 0 spiro atoms. The molecule has 1 saturated heterocycles. The fraction of sp³-hybridized carbons (Fsp3) is 0.632. The van der Waals surface area contributed by atoms with Crippen molar-refractivity contribution in [1.82, 2.24) is 15.5 Å². The number of anilines is 1. The minimum atomic E-state index is 0.139. The number of hydrogen-bond acceptors (Lipinski definition) is 4. The van der Waals surface area contributed by atoms with Crippen LogP contribution in [0.5, 0.6) is 0 Å². The van der Waals surface area contributed by atoms with Gasteiger partial charge in [-0.05, 0) is 64.0 Å². The monoisotopic (exact) mass is 328 g/mol. The average molecular weight is 328 g/mol. The SMILES string of the molecule is Cc1ccc(N2CCC(C(=O)NCCC3=CCCCC3)CC2)nn1. The molecular weight excluding hydrogens is 300 g/mol. The molecule has 0 radical (unpaired) electrons. The Kier molecular flexibility index (Phi) is 5.83. The number of nitrogens with zero attached hydrogens (tertiary/aromatic N) is 3. The van der Waals surface area contributed by atoms with E-state index in [0.29, 0.717) is 0 Å². The van der Waals surface area contributed by atoms with E-state index >= 15 is 0 Å². The summed E-state index contributed by atoms with van der Waals surface area (Å²) in [5, 5.41) is 11.5. The van der Waals surface area contributed by atoms with Gasteiger partial charge in [0.25, 0.3) is 0 Å². The largest absolute Gasteiger partial charge is 0.356 e. The van der Waals surface area contributed by atoms with E-state index in [1.807, 2.05) is 19.1 Å². The molecule has 1 N–H and O–H groups in total. The normalized spacial score (nSPS) is 19.0. The first-order valence-corrected chi connectivity index (χ1v) is 9.23. The summed E-state index contributed by atoms with van der Waals surface area (Å²) in [6.07, 6.45) is 10.2. The Balaban J connectivity index is 1.40. The van der Waals surface area contributed by atoms with Gasteiger partial charge in [-0.2, -0.15) is 5.10 Å². The first-order chi connectivity index (χ1) is 11.7. The number of allylic oxidation sites excluding steroid dienone is 1. The van der Waals surface area contributed by atoms with Crippen LogP contribution >= 0.6 is 0 Å². The smallest absolute Gasteiger partial charge is 0.223 e. The third-order valence-corrected chi connectivity index (χ3v) is 5.10. The van der Waals surface area contributed by atoms with Gasteiger partial charge in [-0.1, -0.05) is 11.6 Å². The van der Waals surface area contributed by atoms with E-state index in [4.69, 9.17) is 0 Å². The number of aryl methyl sites for hydroxylation is 1. The zero-order valence-electron chi connectivity index (χ0n) is 14.6. The average Bonchev–Trinajstić information content (AvgIpc) is 2.63. The van der Waals surface area contributed by atoms with E-state index in [-0.39, 0.29) is 11.8 Å². The summed E-state index contributed by atoms with van der Waals surface area (Å²) >= 11 is 0. The Morgan fingerprint density at radius 3 is 2.75 bits per heavy atom. The van der Waals surface area contributed by atoms with Crippen LogP contribution in [0.1, 0.15) is 50.6 Å². The van der Waals surface area contributed by atoms with Crippen molar-refractivity contribution in [3.63, 3.8) is 0 Å². The predicted octanol–water partition coefficient (Wildman–Crippen LogP) is 3.01. The first-order valence-electron chi connectivity index (χ1n) is 9.23. The molecule has 1 aromatic heterocycles. The number of rotatable bonds is 5. The van der Waals surface area contributed by atoms with Crippen molar-refractivity contribution in [1.29, 1.82) is 0 Å². The van der Waals surface area contributed by atoms with Crippen molar-refractivity contribution in [3.05, 3.63) is 29.5 Å². The van der Waals surface area contributed by atoms with Gasteiger partial charge in [-0.3, -0.25) is 4.79 Å². The lowest BCUT2D eigenvalue weighted by atomic mass is 9.95. The van der Waals surface area contributed by atoms with Gasteiger partial charge in [0.15, 0.2) is 5.82 Å². The van der Waals surface area contributed by atoms with Crippen LogP contribution in [0.15, 0.2) is 23.8 Å². The van der Waals surface area contributed by atoms with Crippen LogP contribution in [0.4, 0.5) is 5.82 Å². The van der Waals surface area contributed by atoms with E-state index in [2.05, 4.69) is 26.5 Å². The third-order valence-electron chi connectivity index (χ3n) is 5.10. The fourth-order valence-corrected chi connectivity index (χ4v) is 3.55. The second-order valence-electron chi connectivity index (χ2n) is 6.94. The molecule has 0 atom stereocenters. The highest BCUT2D eigenvalue weighted by Gasteiger charge is 2.25. The van der Waals surface area contributed by atoms with E-state index < -0.39 is 0 Å². The molecule has 1 amide bonds. The number of amides is 1. The molecule has 0 unspecified atom stereocenters. The number of carbonyl (C=O) groups excluding carboxylic acids is 1. The zero-order chi connectivity index (χ0) is 16.8. The van der Waals surface area contributed by atoms with Gasteiger partial charge >= 0.3 is 0 Å². The van der Waals surface area contributed by atoms with Crippen LogP contribution in [0, 0.1) is 12.8 Å². The first kappa shape index (κ1) is 16.9. The number of nitrogens with one attached hydrogen (secondary N) is 1. The van der Waals surface area contributed by atoms with Gasteiger partial charge in [0.1, 0.15) is 0 Å². The summed E-state index contributed by atoms with van der Waals surface area (Å²) in [5.41, 5.74) is 2.45. The lowest BCUT2D eigenvalue weighted by Crippen LogP contribution is -2.41. The second-order valence-corrected chi connectivity index (χ2v) is 6.94. The summed E-state index contributed by atoms with van der Waals surface area (Å²) < 4.78 is 0. The Bertz CT molecular complexity index is 574. The van der Waals surface area contributed by atoms with Crippen molar-refractivity contribution in [2.24, 2.45) is 5.92 Å². The van der Waals surface area contributed by atoms with Gasteiger partial charge in [0, 0.05) is 25.6 Å². The minimum absolute atomic E-state index is 0.139. The molecule has 0 aromatic carbocycles. The standard InChI is InChI=1S/C19H28N4O/c1-15-7-8-18(22-21-15)23-13-10-17(11-14-23)19(24)20-12-9-16-5-3-2-4-6-16/h5,7-8,17H,2-4,6,9-14H2,1H3,(H,20,24).